The maximum atomic E-state index is 12.0. The molecule has 1 aromatic carbocycles. The van der Waals surface area contributed by atoms with Gasteiger partial charge in [-0.2, -0.15) is 0 Å². The highest BCUT2D eigenvalue weighted by Gasteiger charge is 2.22. The third-order valence-electron chi connectivity index (χ3n) is 3.23. The first-order valence-corrected chi connectivity index (χ1v) is 6.99. The SMILES string of the molecule is CCC(CC)C(=O)NC(Cc1ccccc1)C(=O)Cl. The molecule has 1 amide bonds. The lowest BCUT2D eigenvalue weighted by atomic mass is 10.0. The standard InChI is InChI=1S/C15H20ClNO2/c1-3-12(4-2)15(19)17-13(14(16)18)10-11-8-6-5-7-9-11/h5-9,12-13H,3-4,10H2,1-2H3,(H,17,19). The predicted molar refractivity (Wildman–Crippen MR) is 77.0 cm³/mol. The van der Waals surface area contributed by atoms with Gasteiger partial charge in [-0.05, 0) is 30.0 Å². The predicted octanol–water partition coefficient (Wildman–Crippen LogP) is 2.92. The van der Waals surface area contributed by atoms with E-state index in [4.69, 9.17) is 11.6 Å². The van der Waals surface area contributed by atoms with E-state index in [9.17, 15) is 9.59 Å². The van der Waals surface area contributed by atoms with E-state index in [2.05, 4.69) is 5.32 Å². The summed E-state index contributed by atoms with van der Waals surface area (Å²) in [6.07, 6.45) is 1.95. The summed E-state index contributed by atoms with van der Waals surface area (Å²) in [6.45, 7) is 3.92. The zero-order chi connectivity index (χ0) is 14.3. The van der Waals surface area contributed by atoms with Crippen LogP contribution in [0.5, 0.6) is 0 Å². The summed E-state index contributed by atoms with van der Waals surface area (Å²) in [5.74, 6) is -0.158. The molecule has 0 aliphatic rings. The van der Waals surface area contributed by atoms with Crippen LogP contribution in [0, 0.1) is 5.92 Å². The van der Waals surface area contributed by atoms with Gasteiger partial charge in [0.25, 0.3) is 0 Å². The molecule has 4 heteroatoms. The molecule has 1 unspecified atom stereocenters. The number of rotatable bonds is 7. The zero-order valence-electron chi connectivity index (χ0n) is 11.4. The van der Waals surface area contributed by atoms with Crippen molar-refractivity contribution in [2.75, 3.05) is 0 Å². The molecule has 1 atom stereocenters. The number of hydrogen-bond acceptors (Lipinski definition) is 2. The monoisotopic (exact) mass is 281 g/mol. The van der Waals surface area contributed by atoms with Crippen LogP contribution in [0.15, 0.2) is 30.3 Å². The summed E-state index contributed by atoms with van der Waals surface area (Å²) in [7, 11) is 0. The van der Waals surface area contributed by atoms with Gasteiger partial charge in [0.15, 0.2) is 0 Å². The van der Waals surface area contributed by atoms with E-state index >= 15 is 0 Å². The van der Waals surface area contributed by atoms with Crippen molar-refractivity contribution in [3.63, 3.8) is 0 Å². The summed E-state index contributed by atoms with van der Waals surface area (Å²) in [5, 5.41) is 2.22. The van der Waals surface area contributed by atoms with Crippen LogP contribution in [-0.2, 0) is 16.0 Å². The molecule has 0 bridgehead atoms. The van der Waals surface area contributed by atoms with Crippen LogP contribution in [0.3, 0.4) is 0 Å². The van der Waals surface area contributed by atoms with Gasteiger partial charge in [0.05, 0.1) is 0 Å². The molecule has 0 fully saturated rings. The number of halogens is 1. The minimum absolute atomic E-state index is 0.0608. The van der Waals surface area contributed by atoms with Gasteiger partial charge in [-0.3, -0.25) is 9.59 Å². The molecule has 1 N–H and O–H groups in total. The van der Waals surface area contributed by atoms with E-state index < -0.39 is 11.3 Å². The second-order valence-corrected chi connectivity index (χ2v) is 4.94. The van der Waals surface area contributed by atoms with Crippen LogP contribution < -0.4 is 5.32 Å². The molecule has 0 spiro atoms. The molecule has 0 saturated heterocycles. The summed E-state index contributed by atoms with van der Waals surface area (Å²) >= 11 is 5.58. The Balaban J connectivity index is 2.69. The van der Waals surface area contributed by atoms with Crippen molar-refractivity contribution >= 4 is 22.8 Å². The summed E-state index contributed by atoms with van der Waals surface area (Å²) in [5.41, 5.74) is 0.978. The van der Waals surface area contributed by atoms with E-state index in [-0.39, 0.29) is 11.8 Å². The molecule has 19 heavy (non-hydrogen) atoms. The maximum Gasteiger partial charge on any atom is 0.244 e. The lowest BCUT2D eigenvalue weighted by Crippen LogP contribution is -2.43. The molecule has 0 saturated carbocycles. The summed E-state index contributed by atoms with van der Waals surface area (Å²) in [4.78, 5) is 23.4. The Morgan fingerprint density at radius 3 is 2.21 bits per heavy atom. The number of amides is 1. The van der Waals surface area contributed by atoms with Crippen molar-refractivity contribution in [1.29, 1.82) is 0 Å². The molecule has 0 aliphatic heterocycles. The molecule has 0 radical (unpaired) electrons. The van der Waals surface area contributed by atoms with E-state index in [0.717, 1.165) is 18.4 Å². The van der Waals surface area contributed by atoms with Crippen LogP contribution in [0.1, 0.15) is 32.3 Å². The lowest BCUT2D eigenvalue weighted by Gasteiger charge is -2.18. The van der Waals surface area contributed by atoms with Crippen molar-refractivity contribution in [1.82, 2.24) is 5.32 Å². The molecule has 1 rings (SSSR count). The van der Waals surface area contributed by atoms with Crippen LogP contribution in [0.4, 0.5) is 0 Å². The van der Waals surface area contributed by atoms with Gasteiger partial charge < -0.3 is 5.32 Å². The molecule has 1 aromatic rings. The minimum Gasteiger partial charge on any atom is -0.344 e. The Morgan fingerprint density at radius 2 is 1.74 bits per heavy atom. The molecule has 0 heterocycles. The molecular formula is C15H20ClNO2. The second-order valence-electron chi connectivity index (χ2n) is 4.57. The lowest BCUT2D eigenvalue weighted by molar-refractivity contribution is -0.128. The average Bonchev–Trinajstić information content (AvgIpc) is 2.40. The highest BCUT2D eigenvalue weighted by atomic mass is 35.5. The van der Waals surface area contributed by atoms with Crippen molar-refractivity contribution in [2.45, 2.75) is 39.2 Å². The molecule has 0 aromatic heterocycles. The molecule has 3 nitrogen and oxygen atoms in total. The van der Waals surface area contributed by atoms with Gasteiger partial charge in [0.2, 0.25) is 11.1 Å². The Bertz CT molecular complexity index is 415. The van der Waals surface area contributed by atoms with Crippen molar-refractivity contribution in [3.05, 3.63) is 35.9 Å². The fourth-order valence-electron chi connectivity index (χ4n) is 1.99. The number of carbonyl (C=O) groups excluding carboxylic acids is 2. The van der Waals surface area contributed by atoms with Gasteiger partial charge in [0.1, 0.15) is 6.04 Å². The first kappa shape index (κ1) is 15.7. The van der Waals surface area contributed by atoms with Crippen LogP contribution in [0.25, 0.3) is 0 Å². The van der Waals surface area contributed by atoms with Gasteiger partial charge in [0, 0.05) is 12.3 Å². The third kappa shape index (κ3) is 5.03. The first-order valence-electron chi connectivity index (χ1n) is 6.62. The molecule has 0 aliphatic carbocycles. The minimum atomic E-state index is -0.655. The van der Waals surface area contributed by atoms with Crippen molar-refractivity contribution < 1.29 is 9.59 Å². The zero-order valence-corrected chi connectivity index (χ0v) is 12.1. The highest BCUT2D eigenvalue weighted by Crippen LogP contribution is 2.10. The van der Waals surface area contributed by atoms with E-state index in [1.807, 2.05) is 44.2 Å². The average molecular weight is 282 g/mol. The molecule has 104 valence electrons. The van der Waals surface area contributed by atoms with Crippen LogP contribution >= 0.6 is 11.6 Å². The van der Waals surface area contributed by atoms with Crippen LogP contribution in [-0.4, -0.2) is 17.2 Å². The van der Waals surface area contributed by atoms with Gasteiger partial charge in [-0.25, -0.2) is 0 Å². The second kappa shape index (κ2) is 7.95. The van der Waals surface area contributed by atoms with Crippen LogP contribution in [0.2, 0.25) is 0 Å². The van der Waals surface area contributed by atoms with Gasteiger partial charge in [-0.1, -0.05) is 44.2 Å². The topological polar surface area (TPSA) is 46.2 Å². The molecular weight excluding hydrogens is 262 g/mol. The Morgan fingerprint density at radius 1 is 1.16 bits per heavy atom. The number of carbonyl (C=O) groups is 2. The fourth-order valence-corrected chi connectivity index (χ4v) is 2.12. The van der Waals surface area contributed by atoms with E-state index in [1.165, 1.54) is 0 Å². The quantitative estimate of drug-likeness (QED) is 0.781. The van der Waals surface area contributed by atoms with E-state index in [1.54, 1.807) is 0 Å². The van der Waals surface area contributed by atoms with Crippen molar-refractivity contribution in [3.8, 4) is 0 Å². The smallest absolute Gasteiger partial charge is 0.244 e. The normalized spacial score (nSPS) is 12.2. The highest BCUT2D eigenvalue weighted by molar-refractivity contribution is 6.64. The number of nitrogens with one attached hydrogen (secondary N) is 1. The Labute approximate surface area is 119 Å². The summed E-state index contributed by atoms with van der Waals surface area (Å²) < 4.78 is 0. The fraction of sp³-hybridized carbons (Fsp3) is 0.467. The Kier molecular flexibility index (Phi) is 6.57. The summed E-state index contributed by atoms with van der Waals surface area (Å²) in [6, 6.07) is 8.87. The maximum absolute atomic E-state index is 12.0. The first-order chi connectivity index (χ1) is 9.08. The third-order valence-corrected chi connectivity index (χ3v) is 3.49. The number of benzene rings is 1. The van der Waals surface area contributed by atoms with Gasteiger partial charge >= 0.3 is 0 Å². The van der Waals surface area contributed by atoms with Gasteiger partial charge in [-0.15, -0.1) is 0 Å². The van der Waals surface area contributed by atoms with Crippen molar-refractivity contribution in [2.24, 2.45) is 5.92 Å². The largest absolute Gasteiger partial charge is 0.344 e. The van der Waals surface area contributed by atoms with E-state index in [0.29, 0.717) is 6.42 Å². The number of hydrogen-bond donors (Lipinski definition) is 1. The Hall–Kier alpha value is -1.35.